The van der Waals surface area contributed by atoms with E-state index in [1.165, 1.54) is 0 Å². The van der Waals surface area contributed by atoms with Crippen LogP contribution < -0.4 is 5.73 Å². The molecule has 0 radical (unpaired) electrons. The van der Waals surface area contributed by atoms with Gasteiger partial charge in [-0.15, -0.1) is 0 Å². The van der Waals surface area contributed by atoms with Crippen LogP contribution in [0.5, 0.6) is 0 Å². The lowest BCUT2D eigenvalue weighted by molar-refractivity contribution is -0.123. The van der Waals surface area contributed by atoms with Crippen LogP contribution in [0, 0.1) is 6.92 Å². The lowest BCUT2D eigenvalue weighted by Crippen LogP contribution is -2.36. The molecule has 0 bridgehead atoms. The molecule has 1 atom stereocenters. The number of amides is 1. The maximum Gasteiger partial charge on any atom is 0.239 e. The number of likely N-dealkylation sites (tertiary alicyclic amines) is 1. The van der Waals surface area contributed by atoms with Gasteiger partial charge in [-0.2, -0.15) is 0 Å². The van der Waals surface area contributed by atoms with Gasteiger partial charge in [0.1, 0.15) is 6.04 Å². The van der Waals surface area contributed by atoms with Crippen molar-refractivity contribution in [3.63, 3.8) is 0 Å². The van der Waals surface area contributed by atoms with E-state index in [1.807, 2.05) is 31.2 Å². The van der Waals surface area contributed by atoms with Gasteiger partial charge in [0, 0.05) is 0 Å². The molecular weight excluding hydrogens is 200 g/mol. The molecule has 3 heteroatoms. The van der Waals surface area contributed by atoms with Gasteiger partial charge in [-0.1, -0.05) is 24.3 Å². The standard InChI is InChI=1S/C13H18N2O/c1-10-6-2-3-7-11(10)12(13(14)16)15-8-4-5-9-15/h2-3,6-7,12H,4-5,8-9H2,1H3,(H2,14,16). The first kappa shape index (κ1) is 11.1. The first-order valence-electron chi connectivity index (χ1n) is 5.79. The van der Waals surface area contributed by atoms with Crippen LogP contribution in [0.15, 0.2) is 24.3 Å². The van der Waals surface area contributed by atoms with Crippen molar-refractivity contribution in [2.24, 2.45) is 5.73 Å². The minimum absolute atomic E-state index is 0.240. The van der Waals surface area contributed by atoms with Crippen LogP contribution in [0.4, 0.5) is 0 Å². The second kappa shape index (κ2) is 4.66. The topological polar surface area (TPSA) is 46.3 Å². The van der Waals surface area contributed by atoms with Crippen LogP contribution in [0.3, 0.4) is 0 Å². The monoisotopic (exact) mass is 218 g/mol. The summed E-state index contributed by atoms with van der Waals surface area (Å²) in [5.41, 5.74) is 7.73. The second-order valence-electron chi connectivity index (χ2n) is 4.40. The highest BCUT2D eigenvalue weighted by Gasteiger charge is 2.28. The molecule has 1 saturated heterocycles. The van der Waals surface area contributed by atoms with E-state index >= 15 is 0 Å². The highest BCUT2D eigenvalue weighted by Crippen LogP contribution is 2.26. The molecule has 1 amide bonds. The van der Waals surface area contributed by atoms with Gasteiger partial charge in [0.05, 0.1) is 0 Å². The van der Waals surface area contributed by atoms with Crippen molar-refractivity contribution in [2.75, 3.05) is 13.1 Å². The smallest absolute Gasteiger partial charge is 0.239 e. The molecule has 1 aliphatic rings. The predicted molar refractivity (Wildman–Crippen MR) is 63.9 cm³/mol. The number of carbonyl (C=O) groups excluding carboxylic acids is 1. The molecular formula is C13H18N2O. The van der Waals surface area contributed by atoms with E-state index < -0.39 is 0 Å². The third kappa shape index (κ3) is 2.09. The zero-order chi connectivity index (χ0) is 11.5. The normalized spacial score (nSPS) is 18.6. The zero-order valence-corrected chi connectivity index (χ0v) is 9.65. The third-order valence-corrected chi connectivity index (χ3v) is 3.26. The number of carbonyl (C=O) groups is 1. The molecule has 1 aromatic rings. The highest BCUT2D eigenvalue weighted by atomic mass is 16.1. The molecule has 1 fully saturated rings. The van der Waals surface area contributed by atoms with Crippen molar-refractivity contribution >= 4 is 5.91 Å². The summed E-state index contributed by atoms with van der Waals surface area (Å²) < 4.78 is 0. The maximum absolute atomic E-state index is 11.6. The van der Waals surface area contributed by atoms with Crippen molar-refractivity contribution in [1.82, 2.24) is 4.90 Å². The summed E-state index contributed by atoms with van der Waals surface area (Å²) in [5.74, 6) is -0.240. The quantitative estimate of drug-likeness (QED) is 0.838. The molecule has 2 N–H and O–H groups in total. The van der Waals surface area contributed by atoms with Crippen LogP contribution in [-0.2, 0) is 4.79 Å². The van der Waals surface area contributed by atoms with Gasteiger partial charge in [-0.05, 0) is 44.0 Å². The Morgan fingerprint density at radius 1 is 1.31 bits per heavy atom. The number of nitrogens with zero attached hydrogens (tertiary/aromatic N) is 1. The fourth-order valence-corrected chi connectivity index (χ4v) is 2.42. The summed E-state index contributed by atoms with van der Waals surface area (Å²) in [6.45, 7) is 3.98. The van der Waals surface area contributed by atoms with Gasteiger partial charge in [0.25, 0.3) is 0 Å². The predicted octanol–water partition coefficient (Wildman–Crippen LogP) is 1.62. The average molecular weight is 218 g/mol. The van der Waals surface area contributed by atoms with Crippen molar-refractivity contribution in [3.05, 3.63) is 35.4 Å². The van der Waals surface area contributed by atoms with Crippen LogP contribution >= 0.6 is 0 Å². The Bertz CT molecular complexity index is 383. The van der Waals surface area contributed by atoms with Gasteiger partial charge in [-0.25, -0.2) is 0 Å². The minimum Gasteiger partial charge on any atom is -0.368 e. The Balaban J connectivity index is 2.32. The molecule has 0 spiro atoms. The van der Waals surface area contributed by atoms with Gasteiger partial charge in [-0.3, -0.25) is 9.69 Å². The van der Waals surface area contributed by atoms with Gasteiger partial charge >= 0.3 is 0 Å². The minimum atomic E-state index is -0.247. The zero-order valence-electron chi connectivity index (χ0n) is 9.65. The Hall–Kier alpha value is -1.35. The summed E-state index contributed by atoms with van der Waals surface area (Å²) >= 11 is 0. The fourth-order valence-electron chi connectivity index (χ4n) is 2.42. The van der Waals surface area contributed by atoms with E-state index in [1.54, 1.807) is 0 Å². The highest BCUT2D eigenvalue weighted by molar-refractivity contribution is 5.81. The van der Waals surface area contributed by atoms with E-state index in [0.717, 1.165) is 37.1 Å². The van der Waals surface area contributed by atoms with E-state index in [-0.39, 0.29) is 11.9 Å². The summed E-state index contributed by atoms with van der Waals surface area (Å²) in [6, 6.07) is 7.74. The molecule has 1 heterocycles. The van der Waals surface area contributed by atoms with Crippen molar-refractivity contribution in [2.45, 2.75) is 25.8 Å². The molecule has 0 aromatic heterocycles. The van der Waals surface area contributed by atoms with E-state index in [2.05, 4.69) is 4.90 Å². The third-order valence-electron chi connectivity index (χ3n) is 3.26. The number of aryl methyl sites for hydroxylation is 1. The Labute approximate surface area is 96.2 Å². The molecule has 0 aliphatic carbocycles. The summed E-state index contributed by atoms with van der Waals surface area (Å²) in [6.07, 6.45) is 2.32. The molecule has 2 rings (SSSR count). The van der Waals surface area contributed by atoms with E-state index in [0.29, 0.717) is 0 Å². The molecule has 16 heavy (non-hydrogen) atoms. The summed E-state index contributed by atoms with van der Waals surface area (Å²) in [7, 11) is 0. The van der Waals surface area contributed by atoms with E-state index in [4.69, 9.17) is 5.73 Å². The number of hydrogen-bond donors (Lipinski definition) is 1. The van der Waals surface area contributed by atoms with Crippen LogP contribution in [0.25, 0.3) is 0 Å². The number of primary amides is 1. The van der Waals surface area contributed by atoms with Crippen LogP contribution in [0.1, 0.15) is 30.0 Å². The molecule has 3 nitrogen and oxygen atoms in total. The summed E-state index contributed by atoms with van der Waals surface area (Å²) in [5, 5.41) is 0. The van der Waals surface area contributed by atoms with Crippen LogP contribution in [-0.4, -0.2) is 23.9 Å². The molecule has 1 unspecified atom stereocenters. The first-order chi connectivity index (χ1) is 7.70. The Morgan fingerprint density at radius 2 is 1.94 bits per heavy atom. The average Bonchev–Trinajstić information content (AvgIpc) is 2.74. The first-order valence-corrected chi connectivity index (χ1v) is 5.79. The second-order valence-corrected chi connectivity index (χ2v) is 4.40. The number of rotatable bonds is 3. The number of nitrogens with two attached hydrogens (primary N) is 1. The number of hydrogen-bond acceptors (Lipinski definition) is 2. The van der Waals surface area contributed by atoms with Crippen LogP contribution in [0.2, 0.25) is 0 Å². The molecule has 86 valence electrons. The Morgan fingerprint density at radius 3 is 2.50 bits per heavy atom. The molecule has 0 saturated carbocycles. The molecule has 1 aliphatic heterocycles. The van der Waals surface area contributed by atoms with Gasteiger partial charge < -0.3 is 5.73 Å². The molecule has 1 aromatic carbocycles. The fraction of sp³-hybridized carbons (Fsp3) is 0.462. The van der Waals surface area contributed by atoms with E-state index in [9.17, 15) is 4.79 Å². The van der Waals surface area contributed by atoms with Gasteiger partial charge in [0.15, 0.2) is 0 Å². The summed E-state index contributed by atoms with van der Waals surface area (Å²) in [4.78, 5) is 13.8. The Kier molecular flexibility index (Phi) is 3.25. The van der Waals surface area contributed by atoms with Crippen molar-refractivity contribution < 1.29 is 4.79 Å². The van der Waals surface area contributed by atoms with Gasteiger partial charge in [0.2, 0.25) is 5.91 Å². The lowest BCUT2D eigenvalue weighted by Gasteiger charge is -2.26. The number of benzene rings is 1. The van der Waals surface area contributed by atoms with Crippen molar-refractivity contribution in [3.8, 4) is 0 Å². The SMILES string of the molecule is Cc1ccccc1C(C(N)=O)N1CCCC1. The van der Waals surface area contributed by atoms with Crippen molar-refractivity contribution in [1.29, 1.82) is 0 Å². The lowest BCUT2D eigenvalue weighted by atomic mass is 10.00. The maximum atomic E-state index is 11.6. The largest absolute Gasteiger partial charge is 0.368 e.